The molecule has 0 radical (unpaired) electrons. The standard InChI is InChI=1S/C27H37FN4O6S.BrH/c1-27(2,3)18-11-16(12-19(31-39(6,34)35)24(18)38-10-8-7-9-29)20(33)15-32-14-17-13-21(36-4)25(37-5)23(28)22(17)26(32)30;/h11-13,30-31H,7-10,14-15,29H2,1-6H3;1H. The molecule has 2 aromatic carbocycles. The number of nitrogens with two attached hydrogens (primary N) is 1. The first-order valence-corrected chi connectivity index (χ1v) is 14.4. The summed E-state index contributed by atoms with van der Waals surface area (Å²) in [5, 5.41) is 8.55. The topological polar surface area (TPSA) is 144 Å². The van der Waals surface area contributed by atoms with Gasteiger partial charge in [0, 0.05) is 17.7 Å². The summed E-state index contributed by atoms with van der Waals surface area (Å²) in [4.78, 5) is 15.0. The lowest BCUT2D eigenvalue weighted by Gasteiger charge is -2.26. The first kappa shape index (κ1) is 33.3. The second kappa shape index (κ2) is 13.2. The lowest BCUT2D eigenvalue weighted by Crippen LogP contribution is -2.31. The molecular formula is C27H38BrFN4O6S. The van der Waals surface area contributed by atoms with Gasteiger partial charge in [-0.2, -0.15) is 0 Å². The van der Waals surface area contributed by atoms with Crippen molar-refractivity contribution >= 4 is 44.3 Å². The smallest absolute Gasteiger partial charge is 0.229 e. The van der Waals surface area contributed by atoms with Crippen molar-refractivity contribution in [3.05, 3.63) is 46.3 Å². The number of carbonyl (C=O) groups excluding carboxylic acids is 1. The molecule has 1 heterocycles. The number of carbonyl (C=O) groups is 1. The third kappa shape index (κ3) is 7.43. The number of sulfonamides is 1. The molecule has 10 nitrogen and oxygen atoms in total. The van der Waals surface area contributed by atoms with E-state index in [9.17, 15) is 13.2 Å². The van der Waals surface area contributed by atoms with Gasteiger partial charge in [-0.15, -0.1) is 17.0 Å². The molecule has 0 spiro atoms. The number of rotatable bonds is 12. The summed E-state index contributed by atoms with van der Waals surface area (Å²) in [5.74, 6) is -0.807. The number of amidine groups is 1. The molecule has 0 unspecified atom stereocenters. The number of fused-ring (bicyclic) bond motifs is 1. The highest BCUT2D eigenvalue weighted by Crippen LogP contribution is 2.40. The van der Waals surface area contributed by atoms with Crippen LogP contribution in [0.25, 0.3) is 0 Å². The van der Waals surface area contributed by atoms with E-state index in [2.05, 4.69) is 4.72 Å². The summed E-state index contributed by atoms with van der Waals surface area (Å²) >= 11 is 0. The predicted molar refractivity (Wildman–Crippen MR) is 159 cm³/mol. The number of Topliss-reactive ketones (excluding diaryl/α,β-unsaturated/α-hetero) is 1. The third-order valence-electron chi connectivity index (χ3n) is 6.30. The van der Waals surface area contributed by atoms with Crippen LogP contribution in [0.5, 0.6) is 17.2 Å². The van der Waals surface area contributed by atoms with Crippen LogP contribution in [0, 0.1) is 11.2 Å². The van der Waals surface area contributed by atoms with E-state index in [0.29, 0.717) is 36.4 Å². The molecule has 0 aromatic heterocycles. The molecule has 40 heavy (non-hydrogen) atoms. The first-order valence-electron chi connectivity index (χ1n) is 12.5. The number of ketones is 1. The molecule has 0 atom stereocenters. The lowest BCUT2D eigenvalue weighted by molar-refractivity contribution is 0.0962. The summed E-state index contributed by atoms with van der Waals surface area (Å²) < 4.78 is 58.4. The molecule has 1 aliphatic rings. The highest BCUT2D eigenvalue weighted by Gasteiger charge is 2.33. The molecular weight excluding hydrogens is 607 g/mol. The van der Waals surface area contributed by atoms with E-state index < -0.39 is 21.3 Å². The Bertz CT molecular complexity index is 1380. The van der Waals surface area contributed by atoms with Gasteiger partial charge in [0.2, 0.25) is 10.0 Å². The number of hydrogen-bond acceptors (Lipinski definition) is 8. The number of nitrogens with zero attached hydrogens (tertiary/aromatic N) is 1. The van der Waals surface area contributed by atoms with Crippen molar-refractivity contribution in [3.8, 4) is 17.2 Å². The molecule has 4 N–H and O–H groups in total. The van der Waals surface area contributed by atoms with Crippen LogP contribution in [0.1, 0.15) is 60.7 Å². The van der Waals surface area contributed by atoms with Crippen LogP contribution in [-0.2, 0) is 22.0 Å². The summed E-state index contributed by atoms with van der Waals surface area (Å²) in [6, 6.07) is 4.72. The number of halogens is 2. The highest BCUT2D eigenvalue weighted by atomic mass is 79.9. The van der Waals surface area contributed by atoms with Crippen LogP contribution >= 0.6 is 17.0 Å². The number of methoxy groups -OCH3 is 2. The average molecular weight is 646 g/mol. The van der Waals surface area contributed by atoms with Crippen LogP contribution in [-0.4, -0.2) is 65.1 Å². The van der Waals surface area contributed by atoms with Gasteiger partial charge in [0.05, 0.1) is 44.9 Å². The van der Waals surface area contributed by atoms with Crippen molar-refractivity contribution < 1.29 is 31.8 Å². The van der Waals surface area contributed by atoms with E-state index in [1.165, 1.54) is 25.2 Å². The normalized spacial score (nSPS) is 13.0. The van der Waals surface area contributed by atoms with Gasteiger partial charge in [-0.3, -0.25) is 14.9 Å². The van der Waals surface area contributed by atoms with Crippen molar-refractivity contribution in [3.63, 3.8) is 0 Å². The fraction of sp³-hybridized carbons (Fsp3) is 0.481. The Morgan fingerprint density at radius 3 is 2.38 bits per heavy atom. The largest absolute Gasteiger partial charge is 0.493 e. The zero-order chi connectivity index (χ0) is 29.1. The van der Waals surface area contributed by atoms with Crippen LogP contribution < -0.4 is 24.7 Å². The van der Waals surface area contributed by atoms with Crippen molar-refractivity contribution in [1.82, 2.24) is 4.90 Å². The predicted octanol–water partition coefficient (Wildman–Crippen LogP) is 4.23. The zero-order valence-electron chi connectivity index (χ0n) is 23.6. The van der Waals surface area contributed by atoms with E-state index >= 15 is 4.39 Å². The monoisotopic (exact) mass is 644 g/mol. The van der Waals surface area contributed by atoms with E-state index in [1.807, 2.05) is 20.8 Å². The average Bonchev–Trinajstić information content (AvgIpc) is 3.15. The molecule has 0 saturated carbocycles. The molecule has 1 aliphatic heterocycles. The van der Waals surface area contributed by atoms with Crippen LogP contribution in [0.4, 0.5) is 10.1 Å². The fourth-order valence-electron chi connectivity index (χ4n) is 4.42. The summed E-state index contributed by atoms with van der Waals surface area (Å²) in [6.45, 7) is 6.54. The third-order valence-corrected chi connectivity index (χ3v) is 6.89. The Morgan fingerprint density at radius 1 is 1.15 bits per heavy atom. The summed E-state index contributed by atoms with van der Waals surface area (Å²) in [5.41, 5.74) is 6.67. The van der Waals surface area contributed by atoms with E-state index in [-0.39, 0.29) is 70.0 Å². The van der Waals surface area contributed by atoms with Crippen molar-refractivity contribution in [1.29, 1.82) is 5.41 Å². The maximum Gasteiger partial charge on any atom is 0.229 e. The van der Waals surface area contributed by atoms with Gasteiger partial charge in [-0.05, 0) is 48.6 Å². The summed E-state index contributed by atoms with van der Waals surface area (Å²) in [6.07, 6.45) is 2.46. The minimum absolute atomic E-state index is 0. The number of anilines is 1. The highest BCUT2D eigenvalue weighted by molar-refractivity contribution is 8.93. The Hall–Kier alpha value is -2.90. The van der Waals surface area contributed by atoms with Gasteiger partial charge in [-0.25, -0.2) is 12.8 Å². The number of nitrogens with one attached hydrogen (secondary N) is 2. The Balaban J connectivity index is 0.00000560. The Labute approximate surface area is 245 Å². The molecule has 0 amide bonds. The number of ether oxygens (including phenoxy) is 3. The minimum atomic E-state index is -3.70. The quantitative estimate of drug-likeness (QED) is 0.230. The number of hydrogen-bond donors (Lipinski definition) is 3. The molecule has 13 heteroatoms. The molecule has 0 aliphatic carbocycles. The maximum absolute atomic E-state index is 15.2. The second-order valence-electron chi connectivity index (χ2n) is 10.5. The van der Waals surface area contributed by atoms with Crippen molar-refractivity contribution in [2.45, 2.75) is 45.6 Å². The molecule has 0 fully saturated rings. The van der Waals surface area contributed by atoms with Gasteiger partial charge in [0.1, 0.15) is 11.6 Å². The number of unbranched alkanes of at least 4 members (excludes halogenated alkanes) is 1. The molecule has 2 aromatic rings. The van der Waals surface area contributed by atoms with E-state index in [0.717, 1.165) is 12.7 Å². The van der Waals surface area contributed by atoms with Crippen molar-refractivity contribution in [2.75, 3.05) is 44.9 Å². The van der Waals surface area contributed by atoms with Gasteiger partial charge < -0.3 is 24.8 Å². The molecule has 0 bridgehead atoms. The van der Waals surface area contributed by atoms with E-state index in [4.69, 9.17) is 25.4 Å². The fourth-order valence-corrected chi connectivity index (χ4v) is 4.97. The lowest BCUT2D eigenvalue weighted by atomic mass is 9.84. The van der Waals surface area contributed by atoms with Gasteiger partial charge in [-0.1, -0.05) is 20.8 Å². The van der Waals surface area contributed by atoms with Crippen LogP contribution in [0.2, 0.25) is 0 Å². The molecule has 0 saturated heterocycles. The van der Waals surface area contributed by atoms with Crippen LogP contribution in [0.3, 0.4) is 0 Å². The maximum atomic E-state index is 15.2. The van der Waals surface area contributed by atoms with E-state index in [1.54, 1.807) is 12.1 Å². The Morgan fingerprint density at radius 2 is 1.82 bits per heavy atom. The van der Waals surface area contributed by atoms with Crippen LogP contribution in [0.15, 0.2) is 18.2 Å². The van der Waals surface area contributed by atoms with Gasteiger partial charge in [0.15, 0.2) is 23.1 Å². The first-order chi connectivity index (χ1) is 18.2. The summed E-state index contributed by atoms with van der Waals surface area (Å²) in [7, 11) is -0.989. The van der Waals surface area contributed by atoms with Gasteiger partial charge in [0.25, 0.3) is 0 Å². The minimum Gasteiger partial charge on any atom is -0.493 e. The van der Waals surface area contributed by atoms with Crippen molar-refractivity contribution in [2.24, 2.45) is 5.73 Å². The second-order valence-corrected chi connectivity index (χ2v) is 12.2. The molecule has 222 valence electrons. The Kier molecular flexibility index (Phi) is 11.0. The zero-order valence-corrected chi connectivity index (χ0v) is 26.2. The molecule has 3 rings (SSSR count). The SMILES string of the molecule is Br.COc1cc2c(c(F)c1OC)C(=N)N(CC(=O)c1cc(NS(C)(=O)=O)c(OCCCCN)c(C(C)(C)C)c1)C2. The number of benzene rings is 2. The van der Waals surface area contributed by atoms with Gasteiger partial charge >= 0.3 is 0 Å².